The summed E-state index contributed by atoms with van der Waals surface area (Å²) in [6.07, 6.45) is -2.87. The van der Waals surface area contributed by atoms with Crippen molar-refractivity contribution >= 4 is 17.4 Å². The third kappa shape index (κ3) is 3.16. The van der Waals surface area contributed by atoms with Crippen molar-refractivity contribution in [3.8, 4) is 0 Å². The summed E-state index contributed by atoms with van der Waals surface area (Å²) in [6, 6.07) is 11.9. The smallest absolute Gasteiger partial charge is 0.307 e. The van der Waals surface area contributed by atoms with Crippen molar-refractivity contribution < 1.29 is 18.0 Å². The molecule has 1 aliphatic heterocycles. The number of hydrogen-bond donors (Lipinski definition) is 1. The Morgan fingerprint density at radius 2 is 1.74 bits per heavy atom. The molecule has 2 aromatic rings. The Bertz CT molecular complexity index is 728. The molecule has 1 aliphatic rings. The highest BCUT2D eigenvalue weighted by molar-refractivity contribution is 6.03. The molecular weight excluding hydrogens is 305 g/mol. The first kappa shape index (κ1) is 15.4. The van der Waals surface area contributed by atoms with Gasteiger partial charge in [-0.15, -0.1) is 0 Å². The van der Waals surface area contributed by atoms with Gasteiger partial charge in [0, 0.05) is 12.2 Å². The predicted octanol–water partition coefficient (Wildman–Crippen LogP) is 4.69. The molecule has 23 heavy (non-hydrogen) atoms. The van der Waals surface area contributed by atoms with Crippen LogP contribution in [0.15, 0.2) is 48.5 Å². The maximum atomic E-state index is 13.0. The van der Waals surface area contributed by atoms with Gasteiger partial charge in [0.2, 0.25) is 0 Å². The lowest BCUT2D eigenvalue weighted by Crippen LogP contribution is -2.39. The normalized spacial score (nSPS) is 14.3. The van der Waals surface area contributed by atoms with Crippen LogP contribution in [-0.2, 0) is 12.6 Å². The lowest BCUT2D eigenvalue weighted by molar-refractivity contribution is -0.136. The first-order chi connectivity index (χ1) is 11.0. The first-order valence-electron chi connectivity index (χ1n) is 7.29. The fourth-order valence-corrected chi connectivity index (χ4v) is 2.77. The Hall–Kier alpha value is -2.50. The summed E-state index contributed by atoms with van der Waals surface area (Å²) < 4.78 is 39.0. The van der Waals surface area contributed by atoms with Crippen LogP contribution in [-0.4, -0.2) is 12.6 Å². The average molecular weight is 320 g/mol. The van der Waals surface area contributed by atoms with E-state index in [9.17, 15) is 18.0 Å². The number of amides is 2. The van der Waals surface area contributed by atoms with Gasteiger partial charge in [-0.2, -0.15) is 13.2 Å². The summed E-state index contributed by atoms with van der Waals surface area (Å²) in [5.74, 6) is 0. The van der Waals surface area contributed by atoms with E-state index in [-0.39, 0.29) is 5.69 Å². The van der Waals surface area contributed by atoms with Gasteiger partial charge in [-0.1, -0.05) is 30.3 Å². The van der Waals surface area contributed by atoms with Gasteiger partial charge in [-0.25, -0.2) is 4.79 Å². The van der Waals surface area contributed by atoms with Gasteiger partial charge in [0.05, 0.1) is 11.3 Å². The zero-order chi connectivity index (χ0) is 16.4. The molecule has 1 heterocycles. The molecular formula is C17H15F3N2O. The lowest BCUT2D eigenvalue weighted by atomic mass is 10.0. The molecule has 6 heteroatoms. The van der Waals surface area contributed by atoms with Crippen LogP contribution in [0, 0.1) is 0 Å². The van der Waals surface area contributed by atoms with Crippen molar-refractivity contribution in [2.24, 2.45) is 0 Å². The number of para-hydroxylation sites is 2. The van der Waals surface area contributed by atoms with Crippen LogP contribution >= 0.6 is 0 Å². The highest BCUT2D eigenvalue weighted by Crippen LogP contribution is 2.35. The van der Waals surface area contributed by atoms with E-state index in [1.54, 1.807) is 0 Å². The van der Waals surface area contributed by atoms with E-state index in [1.807, 2.05) is 24.3 Å². The number of carbonyl (C=O) groups excluding carboxylic acids is 1. The fraction of sp³-hybridized carbons (Fsp3) is 0.235. The molecule has 0 fully saturated rings. The molecule has 0 saturated carbocycles. The zero-order valence-electron chi connectivity index (χ0n) is 12.2. The Balaban J connectivity index is 1.87. The Kier molecular flexibility index (Phi) is 3.98. The SMILES string of the molecule is O=C(Nc1ccccc1C(F)(F)F)N1CCCc2ccccc21. The molecule has 2 amide bonds. The minimum Gasteiger partial charge on any atom is -0.307 e. The summed E-state index contributed by atoms with van der Waals surface area (Å²) in [4.78, 5) is 13.9. The number of nitrogens with zero attached hydrogens (tertiary/aromatic N) is 1. The van der Waals surface area contributed by atoms with Crippen LogP contribution in [0.4, 0.5) is 29.3 Å². The fourth-order valence-electron chi connectivity index (χ4n) is 2.77. The largest absolute Gasteiger partial charge is 0.418 e. The zero-order valence-corrected chi connectivity index (χ0v) is 12.2. The maximum Gasteiger partial charge on any atom is 0.418 e. The van der Waals surface area contributed by atoms with E-state index in [4.69, 9.17) is 0 Å². The van der Waals surface area contributed by atoms with Crippen LogP contribution in [0.5, 0.6) is 0 Å². The number of carbonyl (C=O) groups is 1. The maximum absolute atomic E-state index is 13.0. The van der Waals surface area contributed by atoms with Crippen LogP contribution in [0.2, 0.25) is 0 Å². The summed E-state index contributed by atoms with van der Waals surface area (Å²) in [6.45, 7) is 0.483. The van der Waals surface area contributed by atoms with Gasteiger partial charge in [-0.3, -0.25) is 4.90 Å². The monoisotopic (exact) mass is 320 g/mol. The van der Waals surface area contributed by atoms with Gasteiger partial charge in [0.15, 0.2) is 0 Å². The van der Waals surface area contributed by atoms with Crippen LogP contribution in [0.1, 0.15) is 17.5 Å². The van der Waals surface area contributed by atoms with Crippen LogP contribution in [0.25, 0.3) is 0 Å². The molecule has 0 saturated heterocycles. The van der Waals surface area contributed by atoms with E-state index in [1.165, 1.54) is 23.1 Å². The van der Waals surface area contributed by atoms with Crippen molar-refractivity contribution in [1.29, 1.82) is 0 Å². The lowest BCUT2D eigenvalue weighted by Gasteiger charge is -2.29. The van der Waals surface area contributed by atoms with E-state index in [0.29, 0.717) is 6.54 Å². The number of benzene rings is 2. The molecule has 0 spiro atoms. The molecule has 2 aromatic carbocycles. The highest BCUT2D eigenvalue weighted by Gasteiger charge is 2.34. The van der Waals surface area contributed by atoms with E-state index < -0.39 is 17.8 Å². The van der Waals surface area contributed by atoms with Crippen LogP contribution < -0.4 is 10.2 Å². The molecule has 1 N–H and O–H groups in total. The van der Waals surface area contributed by atoms with Crippen LogP contribution in [0.3, 0.4) is 0 Å². The summed E-state index contributed by atoms with van der Waals surface area (Å²) in [5, 5.41) is 2.39. The second-order valence-corrected chi connectivity index (χ2v) is 5.36. The topological polar surface area (TPSA) is 32.3 Å². The number of urea groups is 1. The number of fused-ring (bicyclic) bond motifs is 1. The van der Waals surface area contributed by atoms with Gasteiger partial charge >= 0.3 is 12.2 Å². The Morgan fingerprint density at radius 3 is 2.52 bits per heavy atom. The van der Waals surface area contributed by atoms with Crippen molar-refractivity contribution in [3.05, 3.63) is 59.7 Å². The second-order valence-electron chi connectivity index (χ2n) is 5.36. The van der Waals surface area contributed by atoms with Crippen molar-refractivity contribution in [2.45, 2.75) is 19.0 Å². The minimum atomic E-state index is -4.51. The Labute approximate surface area is 131 Å². The van der Waals surface area contributed by atoms with E-state index in [0.717, 1.165) is 30.2 Å². The van der Waals surface area contributed by atoms with Crippen molar-refractivity contribution in [2.75, 3.05) is 16.8 Å². The molecule has 120 valence electrons. The highest BCUT2D eigenvalue weighted by atomic mass is 19.4. The molecule has 0 aliphatic carbocycles. The standard InChI is InChI=1S/C17H15F3N2O/c18-17(19,20)13-8-2-3-9-14(13)21-16(23)22-11-5-7-12-6-1-4-10-15(12)22/h1-4,6,8-10H,5,7,11H2,(H,21,23). The minimum absolute atomic E-state index is 0.229. The number of halogens is 3. The average Bonchev–Trinajstić information content (AvgIpc) is 2.54. The quantitative estimate of drug-likeness (QED) is 0.812. The number of aryl methyl sites for hydroxylation is 1. The van der Waals surface area contributed by atoms with Crippen molar-refractivity contribution in [1.82, 2.24) is 0 Å². The third-order valence-corrected chi connectivity index (χ3v) is 3.83. The molecule has 0 unspecified atom stereocenters. The first-order valence-corrected chi connectivity index (χ1v) is 7.29. The number of nitrogens with one attached hydrogen (secondary N) is 1. The molecule has 0 bridgehead atoms. The van der Waals surface area contributed by atoms with Gasteiger partial charge in [-0.05, 0) is 36.6 Å². The molecule has 3 rings (SSSR count). The second kappa shape index (κ2) is 5.95. The van der Waals surface area contributed by atoms with E-state index >= 15 is 0 Å². The number of hydrogen-bond acceptors (Lipinski definition) is 1. The Morgan fingerprint density at radius 1 is 1.04 bits per heavy atom. The van der Waals surface area contributed by atoms with Crippen molar-refractivity contribution in [3.63, 3.8) is 0 Å². The molecule has 0 atom stereocenters. The summed E-state index contributed by atoms with van der Waals surface area (Å²) in [7, 11) is 0. The summed E-state index contributed by atoms with van der Waals surface area (Å²) >= 11 is 0. The van der Waals surface area contributed by atoms with E-state index in [2.05, 4.69) is 5.32 Å². The molecule has 0 aromatic heterocycles. The summed E-state index contributed by atoms with van der Waals surface area (Å²) in [5.41, 5.74) is 0.699. The van der Waals surface area contributed by atoms with Gasteiger partial charge in [0.1, 0.15) is 0 Å². The number of rotatable bonds is 1. The number of anilines is 2. The predicted molar refractivity (Wildman–Crippen MR) is 82.6 cm³/mol. The number of alkyl halides is 3. The van der Waals surface area contributed by atoms with Gasteiger partial charge in [0.25, 0.3) is 0 Å². The van der Waals surface area contributed by atoms with Gasteiger partial charge < -0.3 is 5.32 Å². The molecule has 0 radical (unpaired) electrons. The third-order valence-electron chi connectivity index (χ3n) is 3.83. The molecule has 3 nitrogen and oxygen atoms in total.